The number of nitrogen functional groups attached to an aromatic ring is 3. The van der Waals surface area contributed by atoms with Crippen LogP contribution in [0.1, 0.15) is 5.56 Å². The number of fused-ring (bicyclic) bond motifs is 11. The third-order valence-electron chi connectivity index (χ3n) is 6.39. The Kier molecular flexibility index (Phi) is 3.26. The van der Waals surface area contributed by atoms with Gasteiger partial charge in [-0.05, 0) is 57.6 Å². The van der Waals surface area contributed by atoms with Gasteiger partial charge in [0.2, 0.25) is 0 Å². The second kappa shape index (κ2) is 5.77. The molecular weight excluding hydrogens is 366 g/mol. The molecule has 6 rings (SSSR count). The molecule has 0 spiro atoms. The Hall–Kier alpha value is -3.98. The highest BCUT2D eigenvalue weighted by Gasteiger charge is 2.20. The minimum absolute atomic E-state index is 0.749. The molecule has 0 aromatic heterocycles. The molecule has 0 aliphatic heterocycles. The maximum Gasteiger partial charge on any atom is 0.0400 e. The zero-order chi connectivity index (χ0) is 20.6. The van der Waals surface area contributed by atoms with Crippen LogP contribution in [0.15, 0.2) is 72.8 Å². The van der Waals surface area contributed by atoms with E-state index in [0.29, 0.717) is 0 Å². The Balaban J connectivity index is 2.20. The first-order valence-corrected chi connectivity index (χ1v) is 10.1. The number of benzene rings is 6. The van der Waals surface area contributed by atoms with E-state index in [2.05, 4.69) is 43.3 Å². The van der Waals surface area contributed by atoms with Gasteiger partial charge in [-0.2, -0.15) is 0 Å². The van der Waals surface area contributed by atoms with E-state index in [1.807, 2.05) is 36.4 Å². The van der Waals surface area contributed by atoms with Crippen molar-refractivity contribution < 1.29 is 0 Å². The molecule has 0 saturated heterocycles. The van der Waals surface area contributed by atoms with Crippen molar-refractivity contribution in [1.82, 2.24) is 0 Å². The van der Waals surface area contributed by atoms with Gasteiger partial charge in [0.05, 0.1) is 0 Å². The molecule has 0 bridgehead atoms. The molecule has 0 fully saturated rings. The molecule has 0 atom stereocenters. The van der Waals surface area contributed by atoms with Crippen molar-refractivity contribution in [2.24, 2.45) is 0 Å². The Morgan fingerprint density at radius 1 is 0.400 bits per heavy atom. The summed E-state index contributed by atoms with van der Waals surface area (Å²) >= 11 is 0. The first-order valence-electron chi connectivity index (χ1n) is 10.1. The van der Waals surface area contributed by atoms with Gasteiger partial charge in [-0.15, -0.1) is 0 Å². The quantitative estimate of drug-likeness (QED) is 0.205. The van der Waals surface area contributed by atoms with Crippen molar-refractivity contribution >= 4 is 70.9 Å². The van der Waals surface area contributed by atoms with Gasteiger partial charge in [0, 0.05) is 44.0 Å². The van der Waals surface area contributed by atoms with Gasteiger partial charge in [0.1, 0.15) is 0 Å². The molecule has 6 aromatic carbocycles. The van der Waals surface area contributed by atoms with E-state index in [1.165, 1.54) is 16.3 Å². The first kappa shape index (κ1) is 16.9. The van der Waals surface area contributed by atoms with Gasteiger partial charge in [-0.3, -0.25) is 0 Å². The van der Waals surface area contributed by atoms with Crippen LogP contribution in [0.25, 0.3) is 53.9 Å². The van der Waals surface area contributed by atoms with Crippen molar-refractivity contribution in [3.63, 3.8) is 0 Å². The van der Waals surface area contributed by atoms with Crippen molar-refractivity contribution in [1.29, 1.82) is 0 Å². The second-order valence-corrected chi connectivity index (χ2v) is 8.06. The van der Waals surface area contributed by atoms with E-state index >= 15 is 0 Å². The number of hydrogen-bond acceptors (Lipinski definition) is 3. The van der Waals surface area contributed by atoms with E-state index in [9.17, 15) is 0 Å². The minimum Gasteiger partial charge on any atom is -0.398 e. The molecule has 0 aliphatic carbocycles. The summed E-state index contributed by atoms with van der Waals surface area (Å²) in [5.41, 5.74) is 23.3. The molecule has 144 valence electrons. The SMILES string of the molecule is Cc1cccc2c3cccc(N)c3c3c4c(N)cccc4c4cccc(N)c4c3c12. The summed E-state index contributed by atoms with van der Waals surface area (Å²) in [7, 11) is 0. The van der Waals surface area contributed by atoms with Crippen LogP contribution < -0.4 is 17.2 Å². The summed E-state index contributed by atoms with van der Waals surface area (Å²) in [6.07, 6.45) is 0. The van der Waals surface area contributed by atoms with Crippen molar-refractivity contribution in [3.05, 3.63) is 78.4 Å². The zero-order valence-electron chi connectivity index (χ0n) is 16.7. The molecule has 0 radical (unpaired) electrons. The number of hydrogen-bond donors (Lipinski definition) is 3. The molecule has 3 nitrogen and oxygen atoms in total. The second-order valence-electron chi connectivity index (χ2n) is 8.06. The lowest BCUT2D eigenvalue weighted by Crippen LogP contribution is -1.97. The van der Waals surface area contributed by atoms with Gasteiger partial charge in [0.15, 0.2) is 0 Å². The number of anilines is 3. The van der Waals surface area contributed by atoms with E-state index in [1.54, 1.807) is 0 Å². The fourth-order valence-corrected chi connectivity index (χ4v) is 5.19. The highest BCUT2D eigenvalue weighted by molar-refractivity contribution is 6.43. The van der Waals surface area contributed by atoms with Crippen LogP contribution in [0.5, 0.6) is 0 Å². The predicted octanol–water partition coefficient (Wildman–Crippen LogP) is 6.51. The number of rotatable bonds is 0. The van der Waals surface area contributed by atoms with Gasteiger partial charge in [-0.25, -0.2) is 0 Å². The van der Waals surface area contributed by atoms with E-state index in [0.717, 1.165) is 60.2 Å². The summed E-state index contributed by atoms with van der Waals surface area (Å²) in [5.74, 6) is 0. The highest BCUT2D eigenvalue weighted by Crippen LogP contribution is 2.48. The molecule has 0 heterocycles. The maximum absolute atomic E-state index is 6.61. The number of nitrogens with two attached hydrogens (primary N) is 3. The minimum atomic E-state index is 0.749. The van der Waals surface area contributed by atoms with Gasteiger partial charge in [0.25, 0.3) is 0 Å². The van der Waals surface area contributed by atoms with Crippen LogP contribution in [0.3, 0.4) is 0 Å². The molecule has 0 saturated carbocycles. The smallest absolute Gasteiger partial charge is 0.0400 e. The van der Waals surface area contributed by atoms with Crippen molar-refractivity contribution in [2.45, 2.75) is 6.92 Å². The van der Waals surface area contributed by atoms with Crippen LogP contribution in [-0.2, 0) is 0 Å². The van der Waals surface area contributed by atoms with Crippen LogP contribution in [0, 0.1) is 6.92 Å². The molecule has 30 heavy (non-hydrogen) atoms. The van der Waals surface area contributed by atoms with Crippen LogP contribution in [0.2, 0.25) is 0 Å². The molecule has 0 amide bonds. The largest absolute Gasteiger partial charge is 0.398 e. The Morgan fingerprint density at radius 2 is 0.733 bits per heavy atom. The van der Waals surface area contributed by atoms with Gasteiger partial charge >= 0.3 is 0 Å². The molecule has 0 unspecified atom stereocenters. The summed E-state index contributed by atoms with van der Waals surface area (Å²) < 4.78 is 0. The Labute approximate surface area is 173 Å². The normalized spacial score (nSPS) is 11.9. The van der Waals surface area contributed by atoms with Crippen molar-refractivity contribution in [2.75, 3.05) is 17.2 Å². The summed E-state index contributed by atoms with van der Waals surface area (Å²) in [6.45, 7) is 2.16. The van der Waals surface area contributed by atoms with Crippen LogP contribution >= 0.6 is 0 Å². The fraction of sp³-hybridized carbons (Fsp3) is 0.0370. The average molecular weight is 387 g/mol. The molecule has 6 aromatic rings. The maximum atomic E-state index is 6.61. The van der Waals surface area contributed by atoms with E-state index in [4.69, 9.17) is 17.2 Å². The topological polar surface area (TPSA) is 78.1 Å². The van der Waals surface area contributed by atoms with E-state index < -0.39 is 0 Å². The Morgan fingerprint density at radius 3 is 1.17 bits per heavy atom. The Bertz CT molecular complexity index is 1430. The molecule has 3 heteroatoms. The monoisotopic (exact) mass is 387 g/mol. The summed E-state index contributed by atoms with van der Waals surface area (Å²) in [4.78, 5) is 0. The zero-order valence-corrected chi connectivity index (χ0v) is 16.7. The van der Waals surface area contributed by atoms with Gasteiger partial charge < -0.3 is 17.2 Å². The third kappa shape index (κ3) is 1.99. The fourth-order valence-electron chi connectivity index (χ4n) is 5.19. The third-order valence-corrected chi connectivity index (χ3v) is 6.39. The molecular formula is C27H21N3. The summed E-state index contributed by atoms with van der Waals surface area (Å²) in [6, 6.07) is 24.8. The first-order chi connectivity index (χ1) is 14.6. The van der Waals surface area contributed by atoms with Crippen LogP contribution in [-0.4, -0.2) is 0 Å². The highest BCUT2D eigenvalue weighted by atomic mass is 14.6. The summed E-state index contributed by atoms with van der Waals surface area (Å²) in [5, 5.41) is 11.1. The van der Waals surface area contributed by atoms with Crippen molar-refractivity contribution in [3.8, 4) is 0 Å². The van der Waals surface area contributed by atoms with Gasteiger partial charge in [-0.1, -0.05) is 54.6 Å². The standard InChI is InChI=1S/C27H21N3/c1-14-6-2-7-15-16-8-3-12-20(29)24(16)27-25-18(10-5-13-21(25)30)17-9-4-11-19(28)23(17)26(27)22(14)15/h2-13H,28-30H2,1H3. The van der Waals surface area contributed by atoms with Crippen LogP contribution in [0.4, 0.5) is 17.1 Å². The average Bonchev–Trinajstić information content (AvgIpc) is 2.74. The lowest BCUT2D eigenvalue weighted by atomic mass is 9.84. The molecule has 6 N–H and O–H groups in total. The lowest BCUT2D eigenvalue weighted by molar-refractivity contribution is 1.55. The van der Waals surface area contributed by atoms with E-state index in [-0.39, 0.29) is 0 Å². The predicted molar refractivity (Wildman–Crippen MR) is 132 cm³/mol. The lowest BCUT2D eigenvalue weighted by Gasteiger charge is -2.20. The molecule has 0 aliphatic rings. The number of aryl methyl sites for hydroxylation is 1.